The Balaban J connectivity index is 1.58. The van der Waals surface area contributed by atoms with Gasteiger partial charge in [-0.3, -0.25) is 4.68 Å². The molecular formula is C16H27N3. The van der Waals surface area contributed by atoms with Gasteiger partial charge < -0.3 is 5.32 Å². The number of rotatable bonds is 3. The number of hydrogen-bond acceptors (Lipinski definition) is 2. The second kappa shape index (κ2) is 6.08. The molecule has 2 heterocycles. The van der Waals surface area contributed by atoms with Gasteiger partial charge in [0.25, 0.3) is 0 Å². The van der Waals surface area contributed by atoms with Crippen LogP contribution in [0.1, 0.15) is 70.0 Å². The number of aromatic nitrogens is 2. The summed E-state index contributed by atoms with van der Waals surface area (Å²) in [6, 6.07) is 4.22. The van der Waals surface area contributed by atoms with Crippen LogP contribution in [0.2, 0.25) is 0 Å². The van der Waals surface area contributed by atoms with E-state index >= 15 is 0 Å². The van der Waals surface area contributed by atoms with Crippen molar-refractivity contribution in [2.75, 3.05) is 0 Å². The number of hydrogen-bond donors (Lipinski definition) is 1. The minimum Gasteiger partial charge on any atom is -0.311 e. The summed E-state index contributed by atoms with van der Waals surface area (Å²) in [7, 11) is 0. The van der Waals surface area contributed by atoms with Crippen LogP contribution in [0.3, 0.4) is 0 Å². The first-order chi connectivity index (χ1) is 9.31. The molecule has 0 radical (unpaired) electrons. The maximum Gasteiger partial charge on any atom is 0.0640 e. The highest BCUT2D eigenvalue weighted by Crippen LogP contribution is 2.27. The lowest BCUT2D eigenvalue weighted by Gasteiger charge is -2.28. The van der Waals surface area contributed by atoms with Crippen molar-refractivity contribution in [3.63, 3.8) is 0 Å². The van der Waals surface area contributed by atoms with Crippen LogP contribution < -0.4 is 5.32 Å². The molecule has 0 aromatic carbocycles. The summed E-state index contributed by atoms with van der Waals surface area (Å²) >= 11 is 0. The molecule has 0 bridgehead atoms. The summed E-state index contributed by atoms with van der Waals surface area (Å²) in [5.41, 5.74) is 1.28. The second-order valence-electron chi connectivity index (χ2n) is 6.48. The first-order valence-corrected chi connectivity index (χ1v) is 8.11. The topological polar surface area (TPSA) is 29.9 Å². The van der Waals surface area contributed by atoms with Crippen LogP contribution in [-0.4, -0.2) is 21.9 Å². The van der Waals surface area contributed by atoms with Crippen molar-refractivity contribution in [2.45, 2.75) is 82.8 Å². The number of nitrogens with zero attached hydrogens (tertiary/aromatic N) is 2. The molecule has 3 rings (SSSR count). The van der Waals surface area contributed by atoms with E-state index in [0.717, 1.165) is 6.42 Å². The first-order valence-electron chi connectivity index (χ1n) is 8.11. The maximum atomic E-state index is 4.83. The summed E-state index contributed by atoms with van der Waals surface area (Å²) in [6.45, 7) is 2.30. The minimum absolute atomic E-state index is 0.637. The highest BCUT2D eigenvalue weighted by atomic mass is 15.3. The molecule has 106 valence electrons. The highest BCUT2D eigenvalue weighted by Gasteiger charge is 2.20. The smallest absolute Gasteiger partial charge is 0.0640 e. The van der Waals surface area contributed by atoms with Gasteiger partial charge in [-0.2, -0.15) is 5.10 Å². The molecular weight excluding hydrogens is 234 g/mol. The maximum absolute atomic E-state index is 4.83. The van der Waals surface area contributed by atoms with E-state index in [1.807, 2.05) is 0 Å². The lowest BCUT2D eigenvalue weighted by molar-refractivity contribution is 0.319. The fourth-order valence-electron chi connectivity index (χ4n) is 3.69. The van der Waals surface area contributed by atoms with Crippen LogP contribution >= 0.6 is 0 Å². The van der Waals surface area contributed by atoms with E-state index in [-0.39, 0.29) is 0 Å². The molecule has 1 N–H and O–H groups in total. The molecule has 0 amide bonds. The molecule has 3 heteroatoms. The number of piperidine rings is 1. The molecule has 1 aliphatic heterocycles. The molecule has 2 atom stereocenters. The van der Waals surface area contributed by atoms with E-state index < -0.39 is 0 Å². The second-order valence-corrected chi connectivity index (χ2v) is 6.48. The zero-order chi connectivity index (χ0) is 13.1. The predicted molar refractivity (Wildman–Crippen MR) is 78.3 cm³/mol. The fraction of sp³-hybridized carbons (Fsp3) is 0.812. The van der Waals surface area contributed by atoms with E-state index in [1.54, 1.807) is 0 Å². The summed E-state index contributed by atoms with van der Waals surface area (Å²) in [4.78, 5) is 0. The van der Waals surface area contributed by atoms with Crippen LogP contribution in [0.15, 0.2) is 12.3 Å². The van der Waals surface area contributed by atoms with E-state index in [9.17, 15) is 0 Å². The molecule has 1 aliphatic carbocycles. The molecule has 1 saturated carbocycles. The van der Waals surface area contributed by atoms with Crippen molar-refractivity contribution in [1.82, 2.24) is 15.1 Å². The number of nitrogens with one attached hydrogen (secondary N) is 1. The summed E-state index contributed by atoms with van der Waals surface area (Å²) in [6.07, 6.45) is 14.1. The Bertz CT molecular complexity index is 392. The largest absolute Gasteiger partial charge is 0.311 e. The molecule has 2 fully saturated rings. The van der Waals surface area contributed by atoms with Crippen molar-refractivity contribution >= 4 is 0 Å². The molecule has 2 aliphatic rings. The Hall–Kier alpha value is -0.830. The first kappa shape index (κ1) is 13.2. The van der Waals surface area contributed by atoms with Gasteiger partial charge in [0.2, 0.25) is 0 Å². The van der Waals surface area contributed by atoms with Crippen LogP contribution in [0.4, 0.5) is 0 Å². The Labute approximate surface area is 116 Å². The Kier molecular flexibility index (Phi) is 4.21. The monoisotopic (exact) mass is 261 g/mol. The van der Waals surface area contributed by atoms with Gasteiger partial charge in [0.15, 0.2) is 0 Å². The SMILES string of the molecule is CC1CCCC(Cc2ccn(C3CCCCC3)n2)N1. The van der Waals surface area contributed by atoms with E-state index in [2.05, 4.69) is 29.2 Å². The van der Waals surface area contributed by atoms with Crippen molar-refractivity contribution in [3.8, 4) is 0 Å². The van der Waals surface area contributed by atoms with Crippen molar-refractivity contribution in [3.05, 3.63) is 18.0 Å². The summed E-state index contributed by atoms with van der Waals surface area (Å²) in [5, 5.41) is 8.53. The van der Waals surface area contributed by atoms with Gasteiger partial charge in [-0.25, -0.2) is 0 Å². The van der Waals surface area contributed by atoms with Crippen molar-refractivity contribution < 1.29 is 0 Å². The average molecular weight is 261 g/mol. The molecule has 1 saturated heterocycles. The van der Waals surface area contributed by atoms with Crippen molar-refractivity contribution in [1.29, 1.82) is 0 Å². The normalized spacial score (nSPS) is 29.5. The van der Waals surface area contributed by atoms with Gasteiger partial charge in [0.05, 0.1) is 11.7 Å². The van der Waals surface area contributed by atoms with Gasteiger partial charge in [-0.1, -0.05) is 25.7 Å². The van der Waals surface area contributed by atoms with Crippen LogP contribution in [0.5, 0.6) is 0 Å². The molecule has 1 aromatic heterocycles. The van der Waals surface area contributed by atoms with Crippen LogP contribution in [0, 0.1) is 0 Å². The lowest BCUT2D eigenvalue weighted by atomic mass is 9.96. The van der Waals surface area contributed by atoms with Gasteiger partial charge in [0, 0.05) is 24.7 Å². The molecule has 2 unspecified atom stereocenters. The van der Waals surface area contributed by atoms with E-state index in [4.69, 9.17) is 5.10 Å². The fourth-order valence-corrected chi connectivity index (χ4v) is 3.69. The standard InChI is InChI=1S/C16H27N3/c1-13-6-5-7-14(17-13)12-15-10-11-19(18-15)16-8-3-2-4-9-16/h10-11,13-14,16-17H,2-9,12H2,1H3. The third kappa shape index (κ3) is 3.38. The summed E-state index contributed by atoms with van der Waals surface area (Å²) in [5.74, 6) is 0. The quantitative estimate of drug-likeness (QED) is 0.903. The van der Waals surface area contributed by atoms with Crippen LogP contribution in [0.25, 0.3) is 0 Å². The average Bonchev–Trinajstić information content (AvgIpc) is 2.88. The lowest BCUT2D eigenvalue weighted by Crippen LogP contribution is -2.41. The molecule has 19 heavy (non-hydrogen) atoms. The Morgan fingerprint density at radius 3 is 2.79 bits per heavy atom. The van der Waals surface area contributed by atoms with E-state index in [1.165, 1.54) is 57.1 Å². The zero-order valence-electron chi connectivity index (χ0n) is 12.1. The zero-order valence-corrected chi connectivity index (χ0v) is 12.1. The molecule has 0 spiro atoms. The third-order valence-corrected chi connectivity index (χ3v) is 4.78. The van der Waals surface area contributed by atoms with Gasteiger partial charge in [-0.15, -0.1) is 0 Å². The van der Waals surface area contributed by atoms with Gasteiger partial charge >= 0.3 is 0 Å². The third-order valence-electron chi connectivity index (χ3n) is 4.78. The Morgan fingerprint density at radius 2 is 2.00 bits per heavy atom. The van der Waals surface area contributed by atoms with Crippen molar-refractivity contribution in [2.24, 2.45) is 0 Å². The summed E-state index contributed by atoms with van der Waals surface area (Å²) < 4.78 is 2.24. The molecule has 3 nitrogen and oxygen atoms in total. The van der Waals surface area contributed by atoms with Gasteiger partial charge in [-0.05, 0) is 38.7 Å². The molecule has 1 aromatic rings. The van der Waals surface area contributed by atoms with Gasteiger partial charge in [0.1, 0.15) is 0 Å². The minimum atomic E-state index is 0.637. The van der Waals surface area contributed by atoms with Crippen LogP contribution in [-0.2, 0) is 6.42 Å². The Morgan fingerprint density at radius 1 is 1.16 bits per heavy atom. The van der Waals surface area contributed by atoms with E-state index in [0.29, 0.717) is 18.1 Å². The predicted octanol–water partition coefficient (Wildman–Crippen LogP) is 3.46. The highest BCUT2D eigenvalue weighted by molar-refractivity contribution is 5.03.